The third kappa shape index (κ3) is 3.18. The minimum atomic E-state index is 0.142. The van der Waals surface area contributed by atoms with Crippen LogP contribution < -0.4 is 0 Å². The predicted octanol–water partition coefficient (Wildman–Crippen LogP) is 1.01. The molecule has 1 heterocycles. The maximum absolute atomic E-state index is 8.45. The summed E-state index contributed by atoms with van der Waals surface area (Å²) in [7, 11) is 0. The van der Waals surface area contributed by atoms with Gasteiger partial charge in [-0.25, -0.2) is 0 Å². The standard InChI is InChI=1S/C10H11NO/c12-9-3-1-2-4-10-5-7-11-8-6-10/h5-8,12H,3-4,9H2. The van der Waals surface area contributed by atoms with Gasteiger partial charge in [-0.05, 0) is 17.7 Å². The minimum Gasteiger partial charge on any atom is -0.395 e. The third-order valence-electron chi connectivity index (χ3n) is 1.40. The number of rotatable bonds is 2. The molecule has 0 spiro atoms. The van der Waals surface area contributed by atoms with Gasteiger partial charge in [-0.15, -0.1) is 5.92 Å². The van der Waals surface area contributed by atoms with Crippen molar-refractivity contribution in [3.8, 4) is 11.8 Å². The Kier molecular flexibility index (Phi) is 3.90. The second-order valence-corrected chi connectivity index (χ2v) is 2.36. The number of aliphatic hydroxyl groups excluding tert-OH is 1. The molecule has 0 amide bonds. The van der Waals surface area contributed by atoms with Gasteiger partial charge in [0.05, 0.1) is 6.61 Å². The lowest BCUT2D eigenvalue weighted by Gasteiger charge is -1.90. The molecule has 0 aliphatic rings. The second kappa shape index (κ2) is 5.34. The number of aromatic nitrogens is 1. The number of hydrogen-bond donors (Lipinski definition) is 1. The van der Waals surface area contributed by atoms with Gasteiger partial charge in [0.25, 0.3) is 0 Å². The van der Waals surface area contributed by atoms with Crippen LogP contribution in [0.3, 0.4) is 0 Å². The molecule has 1 aromatic rings. The molecule has 0 radical (unpaired) electrons. The smallest absolute Gasteiger partial charge is 0.0540 e. The lowest BCUT2D eigenvalue weighted by atomic mass is 10.2. The highest BCUT2D eigenvalue weighted by Gasteiger charge is 1.84. The normalized spacial score (nSPS) is 8.75. The van der Waals surface area contributed by atoms with E-state index in [4.69, 9.17) is 5.11 Å². The Bertz CT molecular complexity index is 271. The molecule has 1 rings (SSSR count). The van der Waals surface area contributed by atoms with E-state index in [0.717, 1.165) is 12.0 Å². The zero-order valence-electron chi connectivity index (χ0n) is 6.83. The fraction of sp³-hybridized carbons (Fsp3) is 0.300. The zero-order chi connectivity index (χ0) is 8.65. The molecule has 0 aromatic carbocycles. The average Bonchev–Trinajstić information content (AvgIpc) is 2.14. The number of nitrogens with zero attached hydrogens (tertiary/aromatic N) is 1. The first-order valence-corrected chi connectivity index (χ1v) is 3.89. The minimum absolute atomic E-state index is 0.142. The maximum Gasteiger partial charge on any atom is 0.0540 e. The first-order valence-electron chi connectivity index (χ1n) is 3.89. The quantitative estimate of drug-likeness (QED) is 0.657. The first kappa shape index (κ1) is 8.76. The van der Waals surface area contributed by atoms with E-state index in [9.17, 15) is 0 Å². The maximum atomic E-state index is 8.45. The lowest BCUT2D eigenvalue weighted by molar-refractivity contribution is 0.305. The highest BCUT2D eigenvalue weighted by atomic mass is 16.2. The molecule has 0 saturated heterocycles. The molecule has 0 saturated carbocycles. The van der Waals surface area contributed by atoms with E-state index in [1.54, 1.807) is 12.4 Å². The van der Waals surface area contributed by atoms with Crippen molar-refractivity contribution < 1.29 is 5.11 Å². The van der Waals surface area contributed by atoms with Crippen LogP contribution in [0.4, 0.5) is 0 Å². The van der Waals surface area contributed by atoms with E-state index in [-0.39, 0.29) is 6.61 Å². The molecule has 0 atom stereocenters. The summed E-state index contributed by atoms with van der Waals surface area (Å²) in [5, 5.41) is 8.45. The Labute approximate surface area is 72.3 Å². The van der Waals surface area contributed by atoms with E-state index in [0.29, 0.717) is 6.42 Å². The van der Waals surface area contributed by atoms with Crippen molar-refractivity contribution in [3.05, 3.63) is 30.1 Å². The lowest BCUT2D eigenvalue weighted by Crippen LogP contribution is -1.82. The van der Waals surface area contributed by atoms with Crippen LogP contribution in [0.2, 0.25) is 0 Å². The van der Waals surface area contributed by atoms with Gasteiger partial charge in [0, 0.05) is 25.2 Å². The van der Waals surface area contributed by atoms with Crippen LogP contribution in [0.1, 0.15) is 12.0 Å². The van der Waals surface area contributed by atoms with Gasteiger partial charge in [-0.3, -0.25) is 4.98 Å². The monoisotopic (exact) mass is 161 g/mol. The molecule has 12 heavy (non-hydrogen) atoms. The molecule has 62 valence electrons. The molecule has 2 heteroatoms. The number of hydrogen-bond acceptors (Lipinski definition) is 2. The highest BCUT2D eigenvalue weighted by Crippen LogP contribution is 1.95. The van der Waals surface area contributed by atoms with Crippen LogP contribution in [-0.4, -0.2) is 16.7 Å². The summed E-state index contributed by atoms with van der Waals surface area (Å²) in [6.45, 7) is 0.142. The van der Waals surface area contributed by atoms with Gasteiger partial charge in [-0.1, -0.05) is 5.92 Å². The zero-order valence-corrected chi connectivity index (χ0v) is 6.83. The van der Waals surface area contributed by atoms with E-state index >= 15 is 0 Å². The molecule has 2 nitrogen and oxygen atoms in total. The van der Waals surface area contributed by atoms with Crippen LogP contribution in [0.5, 0.6) is 0 Å². The average molecular weight is 161 g/mol. The Morgan fingerprint density at radius 2 is 2.00 bits per heavy atom. The topological polar surface area (TPSA) is 33.1 Å². The number of pyridine rings is 1. The molecule has 0 aliphatic heterocycles. The molecule has 0 unspecified atom stereocenters. The molecule has 0 fully saturated rings. The van der Waals surface area contributed by atoms with Gasteiger partial charge in [-0.2, -0.15) is 0 Å². The van der Waals surface area contributed by atoms with Gasteiger partial charge in [0.1, 0.15) is 0 Å². The summed E-state index contributed by atoms with van der Waals surface area (Å²) in [6, 6.07) is 3.88. The van der Waals surface area contributed by atoms with Crippen molar-refractivity contribution in [3.63, 3.8) is 0 Å². The molecule has 0 bridgehead atoms. The van der Waals surface area contributed by atoms with Gasteiger partial charge in [0.15, 0.2) is 0 Å². The van der Waals surface area contributed by atoms with Crippen LogP contribution in [-0.2, 0) is 6.42 Å². The van der Waals surface area contributed by atoms with E-state index in [2.05, 4.69) is 16.8 Å². The molecule has 0 aliphatic carbocycles. The van der Waals surface area contributed by atoms with Crippen molar-refractivity contribution in [1.29, 1.82) is 0 Å². The summed E-state index contributed by atoms with van der Waals surface area (Å²) in [4.78, 5) is 3.90. The van der Waals surface area contributed by atoms with Crippen molar-refractivity contribution >= 4 is 0 Å². The molecular formula is C10H11NO. The van der Waals surface area contributed by atoms with E-state index < -0.39 is 0 Å². The van der Waals surface area contributed by atoms with Crippen LogP contribution >= 0.6 is 0 Å². The summed E-state index contributed by atoms with van der Waals surface area (Å²) < 4.78 is 0. The van der Waals surface area contributed by atoms with Gasteiger partial charge >= 0.3 is 0 Å². The SMILES string of the molecule is OCCC#CCc1ccncc1. The Morgan fingerprint density at radius 3 is 2.67 bits per heavy atom. The van der Waals surface area contributed by atoms with Crippen molar-refractivity contribution in [1.82, 2.24) is 4.98 Å². The summed E-state index contributed by atoms with van der Waals surface area (Å²) >= 11 is 0. The van der Waals surface area contributed by atoms with Crippen LogP contribution in [0.15, 0.2) is 24.5 Å². The van der Waals surface area contributed by atoms with E-state index in [1.165, 1.54) is 0 Å². The largest absolute Gasteiger partial charge is 0.395 e. The number of aliphatic hydroxyl groups is 1. The summed E-state index contributed by atoms with van der Waals surface area (Å²) in [5.41, 5.74) is 1.16. The van der Waals surface area contributed by atoms with Crippen LogP contribution in [0.25, 0.3) is 0 Å². The fourth-order valence-corrected chi connectivity index (χ4v) is 0.809. The summed E-state index contributed by atoms with van der Waals surface area (Å²) in [5.74, 6) is 5.83. The Hall–Kier alpha value is -1.33. The van der Waals surface area contributed by atoms with Crippen molar-refractivity contribution in [2.45, 2.75) is 12.8 Å². The molecular weight excluding hydrogens is 150 g/mol. The molecule has 1 N–H and O–H groups in total. The Morgan fingerprint density at radius 1 is 1.25 bits per heavy atom. The molecule has 1 aromatic heterocycles. The highest BCUT2D eigenvalue weighted by molar-refractivity contribution is 5.17. The van der Waals surface area contributed by atoms with E-state index in [1.807, 2.05) is 12.1 Å². The van der Waals surface area contributed by atoms with Crippen LogP contribution in [0, 0.1) is 11.8 Å². The van der Waals surface area contributed by atoms with Crippen molar-refractivity contribution in [2.24, 2.45) is 0 Å². The third-order valence-corrected chi connectivity index (χ3v) is 1.40. The van der Waals surface area contributed by atoms with Gasteiger partial charge in [0.2, 0.25) is 0 Å². The predicted molar refractivity (Wildman–Crippen MR) is 47.4 cm³/mol. The first-order chi connectivity index (χ1) is 5.93. The van der Waals surface area contributed by atoms with Gasteiger partial charge < -0.3 is 5.11 Å². The fourth-order valence-electron chi connectivity index (χ4n) is 0.809. The second-order valence-electron chi connectivity index (χ2n) is 2.36. The van der Waals surface area contributed by atoms with Crippen molar-refractivity contribution in [2.75, 3.05) is 6.61 Å². The Balaban J connectivity index is 2.40. The summed E-state index contributed by atoms with van der Waals surface area (Å²) in [6.07, 6.45) is 4.81.